The third-order valence-corrected chi connectivity index (χ3v) is 5.83. The molecule has 5 rings (SSSR count). The van der Waals surface area contributed by atoms with E-state index in [4.69, 9.17) is 9.84 Å². The van der Waals surface area contributed by atoms with E-state index in [2.05, 4.69) is 39.2 Å². The summed E-state index contributed by atoms with van der Waals surface area (Å²) >= 11 is 0. The lowest BCUT2D eigenvalue weighted by Gasteiger charge is -2.19. The maximum Gasteiger partial charge on any atom is 0.338 e. The van der Waals surface area contributed by atoms with Crippen LogP contribution in [0.15, 0.2) is 36.9 Å². The standard InChI is InChI=1S/C23H24N6O3/c1-15-9-16-5-2-3-6-17(16)10-21(15)32-8-4-7-28-20-13-24-23(27-19(20)12-26-28)29-14-18(11-25-29)22(30)31/h9-14H,2-8H2,1H3,(H,30,31). The molecule has 164 valence electrons. The molecule has 3 heterocycles. The average molecular weight is 432 g/mol. The fraction of sp³-hybridized carbons (Fsp3) is 0.348. The first-order valence-electron chi connectivity index (χ1n) is 10.8. The van der Waals surface area contributed by atoms with E-state index in [-0.39, 0.29) is 5.56 Å². The molecule has 0 aliphatic heterocycles. The summed E-state index contributed by atoms with van der Waals surface area (Å²) in [6.07, 6.45) is 11.7. The summed E-state index contributed by atoms with van der Waals surface area (Å²) in [6.45, 7) is 3.39. The first kappa shape index (κ1) is 20.2. The van der Waals surface area contributed by atoms with E-state index >= 15 is 0 Å². The topological polar surface area (TPSA) is 108 Å². The molecule has 0 spiro atoms. The van der Waals surface area contributed by atoms with E-state index < -0.39 is 5.97 Å². The van der Waals surface area contributed by atoms with Crippen molar-refractivity contribution in [2.75, 3.05) is 6.61 Å². The fourth-order valence-corrected chi connectivity index (χ4v) is 4.13. The predicted octanol–water partition coefficient (Wildman–Crippen LogP) is 3.37. The second kappa shape index (κ2) is 8.41. The van der Waals surface area contributed by atoms with Gasteiger partial charge in [0.05, 0.1) is 30.8 Å². The van der Waals surface area contributed by atoms with E-state index in [1.54, 1.807) is 12.4 Å². The van der Waals surface area contributed by atoms with Crippen molar-refractivity contribution in [3.05, 3.63) is 59.2 Å². The summed E-state index contributed by atoms with van der Waals surface area (Å²) in [5.41, 5.74) is 5.66. The Morgan fingerprint density at radius 3 is 2.72 bits per heavy atom. The van der Waals surface area contributed by atoms with E-state index in [0.29, 0.717) is 24.6 Å². The number of aromatic carboxylic acids is 1. The molecule has 4 aromatic rings. The number of hydrogen-bond donors (Lipinski definition) is 1. The number of aromatic nitrogens is 6. The molecular weight excluding hydrogens is 408 g/mol. The van der Waals surface area contributed by atoms with Gasteiger partial charge in [-0.15, -0.1) is 0 Å². The lowest BCUT2D eigenvalue weighted by Crippen LogP contribution is -2.08. The van der Waals surface area contributed by atoms with Crippen LogP contribution in [-0.2, 0) is 19.4 Å². The second-order valence-electron chi connectivity index (χ2n) is 8.08. The number of carbonyl (C=O) groups is 1. The number of carboxylic acids is 1. The Hall–Kier alpha value is -3.75. The zero-order valence-corrected chi connectivity index (χ0v) is 17.9. The largest absolute Gasteiger partial charge is 0.493 e. The summed E-state index contributed by atoms with van der Waals surface area (Å²) < 4.78 is 9.28. The normalized spacial score (nSPS) is 13.3. The maximum atomic E-state index is 11.0. The lowest BCUT2D eigenvalue weighted by atomic mass is 9.90. The highest BCUT2D eigenvalue weighted by molar-refractivity contribution is 5.87. The zero-order valence-electron chi connectivity index (χ0n) is 17.9. The van der Waals surface area contributed by atoms with Crippen LogP contribution in [0, 0.1) is 6.92 Å². The van der Waals surface area contributed by atoms with Crippen LogP contribution in [0.1, 0.15) is 46.3 Å². The molecule has 32 heavy (non-hydrogen) atoms. The van der Waals surface area contributed by atoms with Gasteiger partial charge in [-0.2, -0.15) is 10.2 Å². The number of aryl methyl sites for hydroxylation is 4. The van der Waals surface area contributed by atoms with E-state index in [9.17, 15) is 4.79 Å². The predicted molar refractivity (Wildman–Crippen MR) is 117 cm³/mol. The summed E-state index contributed by atoms with van der Waals surface area (Å²) in [5.74, 6) is 0.234. The minimum Gasteiger partial charge on any atom is -0.493 e. The Balaban J connectivity index is 1.23. The number of rotatable bonds is 7. The monoisotopic (exact) mass is 432 g/mol. The molecule has 1 aliphatic carbocycles. The van der Waals surface area contributed by atoms with Gasteiger partial charge >= 0.3 is 5.97 Å². The van der Waals surface area contributed by atoms with Crippen LogP contribution in [-0.4, -0.2) is 47.2 Å². The van der Waals surface area contributed by atoms with E-state index in [1.807, 2.05) is 4.68 Å². The number of nitrogens with zero attached hydrogens (tertiary/aromatic N) is 6. The summed E-state index contributed by atoms with van der Waals surface area (Å²) in [6, 6.07) is 4.49. The summed E-state index contributed by atoms with van der Waals surface area (Å²) in [4.78, 5) is 19.8. The molecule has 1 aromatic carbocycles. The van der Waals surface area contributed by atoms with Crippen LogP contribution in [0.5, 0.6) is 5.75 Å². The van der Waals surface area contributed by atoms with Crippen molar-refractivity contribution in [2.45, 2.75) is 45.6 Å². The minimum absolute atomic E-state index is 0.0820. The van der Waals surface area contributed by atoms with Crippen LogP contribution < -0.4 is 4.74 Å². The Morgan fingerprint density at radius 1 is 1.12 bits per heavy atom. The van der Waals surface area contributed by atoms with Crippen molar-refractivity contribution >= 4 is 17.0 Å². The number of hydrogen-bond acceptors (Lipinski definition) is 6. The van der Waals surface area contributed by atoms with Crippen LogP contribution in [0.4, 0.5) is 0 Å². The second-order valence-corrected chi connectivity index (χ2v) is 8.08. The van der Waals surface area contributed by atoms with Crippen LogP contribution in [0.3, 0.4) is 0 Å². The zero-order chi connectivity index (χ0) is 22.1. The number of fused-ring (bicyclic) bond motifs is 2. The third-order valence-electron chi connectivity index (χ3n) is 5.83. The van der Waals surface area contributed by atoms with Crippen molar-refractivity contribution < 1.29 is 14.6 Å². The highest BCUT2D eigenvalue weighted by Crippen LogP contribution is 2.29. The van der Waals surface area contributed by atoms with Gasteiger partial charge in [-0.05, 0) is 55.4 Å². The average Bonchev–Trinajstić information content (AvgIpc) is 3.44. The fourth-order valence-electron chi connectivity index (χ4n) is 4.13. The van der Waals surface area contributed by atoms with Gasteiger partial charge in [-0.1, -0.05) is 6.07 Å². The minimum atomic E-state index is -1.04. The molecule has 3 aromatic heterocycles. The van der Waals surface area contributed by atoms with Gasteiger partial charge in [0.1, 0.15) is 16.8 Å². The molecule has 0 radical (unpaired) electrons. The molecule has 1 N–H and O–H groups in total. The van der Waals surface area contributed by atoms with Crippen LogP contribution >= 0.6 is 0 Å². The highest BCUT2D eigenvalue weighted by atomic mass is 16.5. The number of benzene rings is 1. The Bertz CT molecular complexity index is 1290. The van der Waals surface area contributed by atoms with Gasteiger partial charge in [-0.3, -0.25) is 4.68 Å². The lowest BCUT2D eigenvalue weighted by molar-refractivity contribution is 0.0697. The highest BCUT2D eigenvalue weighted by Gasteiger charge is 2.13. The van der Waals surface area contributed by atoms with Gasteiger partial charge in [0.25, 0.3) is 5.95 Å². The number of carboxylic acid groups (broad SMARTS) is 1. The summed E-state index contributed by atoms with van der Waals surface area (Å²) in [5, 5.41) is 17.5. The molecule has 1 aliphatic rings. The summed E-state index contributed by atoms with van der Waals surface area (Å²) in [7, 11) is 0. The molecule has 9 heteroatoms. The molecule has 0 bridgehead atoms. The Kier molecular flexibility index (Phi) is 5.30. The van der Waals surface area contributed by atoms with Crippen molar-refractivity contribution in [1.29, 1.82) is 0 Å². The molecule has 0 atom stereocenters. The van der Waals surface area contributed by atoms with Gasteiger partial charge in [0, 0.05) is 19.2 Å². The van der Waals surface area contributed by atoms with Gasteiger partial charge in [-0.25, -0.2) is 19.4 Å². The first-order valence-corrected chi connectivity index (χ1v) is 10.8. The third kappa shape index (κ3) is 3.93. The van der Waals surface area contributed by atoms with Crippen molar-refractivity contribution in [1.82, 2.24) is 29.5 Å². The van der Waals surface area contributed by atoms with Crippen LogP contribution in [0.2, 0.25) is 0 Å². The van der Waals surface area contributed by atoms with Crippen LogP contribution in [0.25, 0.3) is 17.0 Å². The van der Waals surface area contributed by atoms with Gasteiger partial charge in [0.15, 0.2) is 0 Å². The molecule has 0 saturated carbocycles. The van der Waals surface area contributed by atoms with Gasteiger partial charge < -0.3 is 9.84 Å². The molecule has 0 unspecified atom stereocenters. The molecule has 0 saturated heterocycles. The Morgan fingerprint density at radius 2 is 1.94 bits per heavy atom. The van der Waals surface area contributed by atoms with E-state index in [1.165, 1.54) is 53.0 Å². The van der Waals surface area contributed by atoms with Crippen molar-refractivity contribution in [3.8, 4) is 11.7 Å². The number of ether oxygens (including phenoxy) is 1. The quantitative estimate of drug-likeness (QED) is 0.446. The molecule has 0 fully saturated rings. The smallest absolute Gasteiger partial charge is 0.338 e. The molecule has 0 amide bonds. The van der Waals surface area contributed by atoms with E-state index in [0.717, 1.165) is 24.1 Å². The van der Waals surface area contributed by atoms with Crippen molar-refractivity contribution in [3.63, 3.8) is 0 Å². The SMILES string of the molecule is Cc1cc2c(cc1OCCCn1ncc3nc(-n4cc(C(=O)O)cn4)ncc31)CCCC2. The maximum absolute atomic E-state index is 11.0. The van der Waals surface area contributed by atoms with Gasteiger partial charge in [0.2, 0.25) is 0 Å². The first-order chi connectivity index (χ1) is 15.6. The molecule has 9 nitrogen and oxygen atoms in total. The molecular formula is C23H24N6O3. The van der Waals surface area contributed by atoms with Crippen molar-refractivity contribution in [2.24, 2.45) is 0 Å². The Labute approximate surface area is 184 Å².